The van der Waals surface area contributed by atoms with E-state index in [0.29, 0.717) is 12.8 Å². The standard InChI is InChI=1S/C63H112O5/c1-3-5-7-9-11-13-15-17-19-20-21-22-23-24-25-26-27-28-29-30-31-32-33-34-35-36-37-38-39-40-41-42-44-46-48-50-52-54-56-58-63(66)68-61(59-64)60-67-62(65)57-55-53-51-49-47-45-43-18-16-14-12-10-8-6-4-2/h5,7,11,13,17-19,21-22,24-25,43,61,64H,3-4,6,8-10,12,14-16,20,23,26-42,44-60H2,1-2H3/b7-5-,13-11-,19-17-,22-21-,25-24-,43-18-. The first-order valence-electron chi connectivity index (χ1n) is 29.5. The van der Waals surface area contributed by atoms with Crippen molar-refractivity contribution in [3.8, 4) is 0 Å². The van der Waals surface area contributed by atoms with Gasteiger partial charge in [-0.3, -0.25) is 9.59 Å². The highest BCUT2D eigenvalue weighted by molar-refractivity contribution is 5.70. The number of hydrogen-bond acceptors (Lipinski definition) is 5. The predicted molar refractivity (Wildman–Crippen MR) is 297 cm³/mol. The Morgan fingerprint density at radius 3 is 0.971 bits per heavy atom. The van der Waals surface area contributed by atoms with Crippen LogP contribution in [0.5, 0.6) is 0 Å². The summed E-state index contributed by atoms with van der Waals surface area (Å²) >= 11 is 0. The van der Waals surface area contributed by atoms with Crippen LogP contribution >= 0.6 is 0 Å². The Bertz CT molecular complexity index is 1210. The first-order valence-corrected chi connectivity index (χ1v) is 29.5. The van der Waals surface area contributed by atoms with E-state index in [0.717, 1.165) is 77.0 Å². The molecule has 0 aliphatic rings. The normalized spacial score (nSPS) is 12.7. The van der Waals surface area contributed by atoms with Crippen molar-refractivity contribution >= 4 is 11.9 Å². The average molecular weight is 950 g/mol. The quantitative estimate of drug-likeness (QED) is 0.0374. The fourth-order valence-corrected chi connectivity index (χ4v) is 8.58. The molecule has 0 spiro atoms. The lowest BCUT2D eigenvalue weighted by Gasteiger charge is -2.15. The third-order valence-electron chi connectivity index (χ3n) is 13.0. The molecule has 0 rings (SSSR count). The van der Waals surface area contributed by atoms with Gasteiger partial charge in [-0.2, -0.15) is 0 Å². The maximum Gasteiger partial charge on any atom is 0.306 e. The van der Waals surface area contributed by atoms with E-state index in [9.17, 15) is 14.7 Å². The zero-order chi connectivity index (χ0) is 49.2. The van der Waals surface area contributed by atoms with E-state index < -0.39 is 6.10 Å². The molecule has 0 aromatic heterocycles. The van der Waals surface area contributed by atoms with Gasteiger partial charge < -0.3 is 14.6 Å². The van der Waals surface area contributed by atoms with Crippen LogP contribution in [0, 0.1) is 0 Å². The molecule has 5 heteroatoms. The Morgan fingerprint density at radius 1 is 0.353 bits per heavy atom. The number of unbranched alkanes of at least 4 members (excludes halogenated alkanes) is 34. The summed E-state index contributed by atoms with van der Waals surface area (Å²) < 4.78 is 10.7. The highest BCUT2D eigenvalue weighted by Gasteiger charge is 2.16. The molecule has 0 bridgehead atoms. The molecule has 0 aliphatic carbocycles. The molecular formula is C63H112O5. The monoisotopic (exact) mass is 949 g/mol. The van der Waals surface area contributed by atoms with Crippen LogP contribution in [-0.2, 0) is 19.1 Å². The molecule has 394 valence electrons. The number of carbonyl (C=O) groups is 2. The summed E-state index contributed by atoms with van der Waals surface area (Å²) in [6, 6.07) is 0. The number of aliphatic hydroxyl groups is 1. The van der Waals surface area contributed by atoms with E-state index in [1.165, 1.54) is 193 Å². The van der Waals surface area contributed by atoms with E-state index >= 15 is 0 Å². The molecule has 0 aliphatic heterocycles. The Morgan fingerprint density at radius 2 is 0.632 bits per heavy atom. The summed E-state index contributed by atoms with van der Waals surface area (Å²) in [5.41, 5.74) is 0. The molecule has 5 nitrogen and oxygen atoms in total. The molecule has 0 amide bonds. The van der Waals surface area contributed by atoms with E-state index in [1.54, 1.807) is 0 Å². The molecule has 0 aromatic rings. The fraction of sp³-hybridized carbons (Fsp3) is 0.778. The molecular weight excluding hydrogens is 837 g/mol. The van der Waals surface area contributed by atoms with Crippen LogP contribution in [0.3, 0.4) is 0 Å². The lowest BCUT2D eigenvalue weighted by Crippen LogP contribution is -2.28. The lowest BCUT2D eigenvalue weighted by atomic mass is 10.0. The molecule has 68 heavy (non-hydrogen) atoms. The molecule has 1 N–H and O–H groups in total. The number of rotatable bonds is 54. The Kier molecular flexibility index (Phi) is 56.4. The zero-order valence-corrected chi connectivity index (χ0v) is 45.1. The van der Waals surface area contributed by atoms with Gasteiger partial charge in [0.05, 0.1) is 6.61 Å². The molecule has 0 radical (unpaired) electrons. The summed E-state index contributed by atoms with van der Waals surface area (Å²) in [4.78, 5) is 24.5. The van der Waals surface area contributed by atoms with E-state index in [-0.39, 0.29) is 25.2 Å². The van der Waals surface area contributed by atoms with Crippen LogP contribution < -0.4 is 0 Å². The van der Waals surface area contributed by atoms with Gasteiger partial charge in [0.25, 0.3) is 0 Å². The first-order chi connectivity index (χ1) is 33.6. The number of aliphatic hydroxyl groups excluding tert-OH is 1. The SMILES string of the molecule is CC/C=C\C/C=C\C/C=C\C/C=C\C/C=C\CCCCCCCCCCCCCCCCCCCCCCCCCC(=O)OC(CO)COC(=O)CCCCCCC/C=C\CCCCCCCC. The Hall–Kier alpha value is -2.66. The number of allylic oxidation sites excluding steroid dienone is 12. The van der Waals surface area contributed by atoms with E-state index in [2.05, 4.69) is 86.8 Å². The van der Waals surface area contributed by atoms with Crippen LogP contribution in [0.1, 0.15) is 296 Å². The minimum Gasteiger partial charge on any atom is -0.462 e. The van der Waals surface area contributed by atoms with Gasteiger partial charge in [0.15, 0.2) is 6.10 Å². The molecule has 0 saturated carbocycles. The van der Waals surface area contributed by atoms with Gasteiger partial charge in [-0.15, -0.1) is 0 Å². The summed E-state index contributed by atoms with van der Waals surface area (Å²) in [5.74, 6) is -0.589. The van der Waals surface area contributed by atoms with Crippen molar-refractivity contribution in [3.05, 3.63) is 72.9 Å². The van der Waals surface area contributed by atoms with Gasteiger partial charge in [0.1, 0.15) is 6.61 Å². The summed E-state index contributed by atoms with van der Waals surface area (Å²) in [7, 11) is 0. The molecule has 0 saturated heterocycles. The van der Waals surface area contributed by atoms with Gasteiger partial charge in [-0.25, -0.2) is 0 Å². The van der Waals surface area contributed by atoms with E-state index in [4.69, 9.17) is 9.47 Å². The molecule has 1 unspecified atom stereocenters. The Balaban J connectivity index is 3.41. The van der Waals surface area contributed by atoms with Gasteiger partial charge in [0.2, 0.25) is 0 Å². The van der Waals surface area contributed by atoms with Crippen LogP contribution in [0.25, 0.3) is 0 Å². The minimum absolute atomic E-state index is 0.0675. The highest BCUT2D eigenvalue weighted by atomic mass is 16.6. The molecule has 0 aromatic carbocycles. The highest BCUT2D eigenvalue weighted by Crippen LogP contribution is 2.17. The third kappa shape index (κ3) is 55.9. The second-order valence-electron chi connectivity index (χ2n) is 19.7. The van der Waals surface area contributed by atoms with Crippen LogP contribution in [0.15, 0.2) is 72.9 Å². The summed E-state index contributed by atoms with van der Waals surface area (Å²) in [6.45, 7) is 4.04. The van der Waals surface area contributed by atoms with E-state index in [1.807, 2.05) is 0 Å². The zero-order valence-electron chi connectivity index (χ0n) is 45.1. The topological polar surface area (TPSA) is 72.8 Å². The van der Waals surface area contributed by atoms with Crippen molar-refractivity contribution in [2.75, 3.05) is 13.2 Å². The lowest BCUT2D eigenvalue weighted by molar-refractivity contribution is -0.161. The third-order valence-corrected chi connectivity index (χ3v) is 13.0. The first kappa shape index (κ1) is 65.3. The predicted octanol–water partition coefficient (Wildman–Crippen LogP) is 20.0. The van der Waals surface area contributed by atoms with Crippen molar-refractivity contribution < 1.29 is 24.2 Å². The van der Waals surface area contributed by atoms with Crippen LogP contribution in [0.4, 0.5) is 0 Å². The Labute approximate surface area is 423 Å². The minimum atomic E-state index is -0.774. The van der Waals surface area contributed by atoms with Crippen LogP contribution in [-0.4, -0.2) is 36.4 Å². The maximum atomic E-state index is 12.3. The number of hydrogen-bond donors (Lipinski definition) is 1. The number of ether oxygens (including phenoxy) is 2. The summed E-state index contributed by atoms with van der Waals surface area (Å²) in [5, 5.41) is 9.64. The van der Waals surface area contributed by atoms with Gasteiger partial charge in [-0.05, 0) is 83.5 Å². The number of esters is 2. The second kappa shape index (κ2) is 58.7. The smallest absolute Gasteiger partial charge is 0.306 e. The average Bonchev–Trinajstić information content (AvgIpc) is 3.34. The fourth-order valence-electron chi connectivity index (χ4n) is 8.58. The van der Waals surface area contributed by atoms with Crippen LogP contribution in [0.2, 0.25) is 0 Å². The number of carbonyl (C=O) groups excluding carboxylic acids is 2. The van der Waals surface area contributed by atoms with Crippen molar-refractivity contribution in [2.24, 2.45) is 0 Å². The van der Waals surface area contributed by atoms with Crippen molar-refractivity contribution in [3.63, 3.8) is 0 Å². The largest absolute Gasteiger partial charge is 0.462 e. The summed E-state index contributed by atoms with van der Waals surface area (Å²) in [6.07, 6.45) is 80.4. The van der Waals surface area contributed by atoms with Gasteiger partial charge >= 0.3 is 11.9 Å². The molecule has 0 fully saturated rings. The van der Waals surface area contributed by atoms with Crippen molar-refractivity contribution in [1.29, 1.82) is 0 Å². The van der Waals surface area contributed by atoms with Crippen molar-refractivity contribution in [1.82, 2.24) is 0 Å². The maximum absolute atomic E-state index is 12.3. The van der Waals surface area contributed by atoms with Gasteiger partial charge in [0, 0.05) is 12.8 Å². The van der Waals surface area contributed by atoms with Crippen molar-refractivity contribution in [2.45, 2.75) is 302 Å². The molecule has 0 heterocycles. The molecule has 1 atom stereocenters. The second-order valence-corrected chi connectivity index (χ2v) is 19.7. The van der Waals surface area contributed by atoms with Gasteiger partial charge in [-0.1, -0.05) is 273 Å².